The molecule has 1 aromatic rings. The minimum Gasteiger partial charge on any atom is -0.459 e. The van der Waals surface area contributed by atoms with Crippen molar-refractivity contribution in [3.8, 4) is 0 Å². The average Bonchev–Trinajstić information content (AvgIpc) is 2.46. The minimum absolute atomic E-state index is 0.228. The molecule has 0 saturated carbocycles. The van der Waals surface area contributed by atoms with Gasteiger partial charge in [0.15, 0.2) is 0 Å². The summed E-state index contributed by atoms with van der Waals surface area (Å²) in [6, 6.07) is 6.66. The topological polar surface area (TPSA) is 43.4 Å². The molecule has 1 aromatic carbocycles. The van der Waals surface area contributed by atoms with Gasteiger partial charge < -0.3 is 4.74 Å². The second-order valence-electron chi connectivity index (χ2n) is 3.96. The van der Waals surface area contributed by atoms with E-state index in [-0.39, 0.29) is 6.61 Å². The molecular formula is C16H18O3. The molecule has 1 rings (SSSR count). The zero-order valence-electron chi connectivity index (χ0n) is 11.1. The van der Waals surface area contributed by atoms with E-state index in [0.717, 1.165) is 12.0 Å². The number of esters is 1. The molecule has 3 heteroatoms. The fraction of sp³-hybridized carbons (Fsp3) is 0.250. The predicted molar refractivity (Wildman–Crippen MR) is 75.9 cm³/mol. The van der Waals surface area contributed by atoms with Crippen LogP contribution in [0, 0.1) is 0 Å². The standard InChI is InChI=1S/C16H18O3/c1-3-5-6-7-12-19-16(18)15(17)14-10-8-13(4-2)9-11-14/h4-6,8-11H,2-3,7,12H2,1H3/b6-5+. The summed E-state index contributed by atoms with van der Waals surface area (Å²) in [5, 5.41) is 0. The summed E-state index contributed by atoms with van der Waals surface area (Å²) in [7, 11) is 0. The molecule has 0 amide bonds. The highest BCUT2D eigenvalue weighted by Crippen LogP contribution is 2.07. The fourth-order valence-corrected chi connectivity index (χ4v) is 1.46. The van der Waals surface area contributed by atoms with Crippen molar-refractivity contribution in [1.82, 2.24) is 0 Å². The van der Waals surface area contributed by atoms with Crippen molar-refractivity contribution in [1.29, 1.82) is 0 Å². The number of hydrogen-bond donors (Lipinski definition) is 0. The van der Waals surface area contributed by atoms with E-state index in [1.54, 1.807) is 30.3 Å². The lowest BCUT2D eigenvalue weighted by Gasteiger charge is -2.02. The zero-order chi connectivity index (χ0) is 14.1. The molecule has 0 bridgehead atoms. The van der Waals surface area contributed by atoms with E-state index in [9.17, 15) is 9.59 Å². The lowest BCUT2D eigenvalue weighted by atomic mass is 10.1. The van der Waals surface area contributed by atoms with Crippen molar-refractivity contribution >= 4 is 17.8 Å². The van der Waals surface area contributed by atoms with Crippen LogP contribution in [0.5, 0.6) is 0 Å². The summed E-state index contributed by atoms with van der Waals surface area (Å²) in [4.78, 5) is 23.3. The summed E-state index contributed by atoms with van der Waals surface area (Å²) in [5.74, 6) is -1.42. The molecule has 19 heavy (non-hydrogen) atoms. The van der Waals surface area contributed by atoms with Gasteiger partial charge in [-0.15, -0.1) is 0 Å². The van der Waals surface area contributed by atoms with Gasteiger partial charge in [-0.25, -0.2) is 4.79 Å². The van der Waals surface area contributed by atoms with Gasteiger partial charge in [-0.1, -0.05) is 56.0 Å². The first kappa shape index (κ1) is 14.9. The van der Waals surface area contributed by atoms with Crippen LogP contribution in [-0.4, -0.2) is 18.4 Å². The fourth-order valence-electron chi connectivity index (χ4n) is 1.46. The third-order valence-corrected chi connectivity index (χ3v) is 2.51. The van der Waals surface area contributed by atoms with Crippen molar-refractivity contribution in [2.45, 2.75) is 19.8 Å². The summed E-state index contributed by atoms with van der Waals surface area (Å²) >= 11 is 0. The molecule has 0 aliphatic rings. The Labute approximate surface area is 113 Å². The minimum atomic E-state index is -0.809. The number of ketones is 1. The van der Waals surface area contributed by atoms with Crippen LogP contribution >= 0.6 is 0 Å². The van der Waals surface area contributed by atoms with Gasteiger partial charge in [-0.2, -0.15) is 0 Å². The lowest BCUT2D eigenvalue weighted by molar-refractivity contribution is -0.137. The van der Waals surface area contributed by atoms with Crippen molar-refractivity contribution in [2.24, 2.45) is 0 Å². The molecule has 0 atom stereocenters. The maximum absolute atomic E-state index is 11.7. The van der Waals surface area contributed by atoms with Crippen LogP contribution in [0.25, 0.3) is 6.08 Å². The van der Waals surface area contributed by atoms with Crippen molar-refractivity contribution in [3.05, 3.63) is 54.1 Å². The number of Topliss-reactive ketones (excluding diaryl/α,β-unsaturated/α-hetero) is 1. The summed E-state index contributed by atoms with van der Waals surface area (Å²) < 4.78 is 4.90. The molecule has 100 valence electrons. The molecule has 0 unspecified atom stereocenters. The number of carbonyl (C=O) groups excluding carboxylic acids is 2. The van der Waals surface area contributed by atoms with E-state index in [1.165, 1.54) is 0 Å². The van der Waals surface area contributed by atoms with Gasteiger partial charge >= 0.3 is 5.97 Å². The summed E-state index contributed by atoms with van der Waals surface area (Å²) in [5.41, 5.74) is 1.23. The molecule has 0 saturated heterocycles. The third-order valence-electron chi connectivity index (χ3n) is 2.51. The number of carbonyl (C=O) groups is 2. The van der Waals surface area contributed by atoms with Crippen LogP contribution in [0.3, 0.4) is 0 Å². The van der Waals surface area contributed by atoms with E-state index < -0.39 is 11.8 Å². The Morgan fingerprint density at radius 3 is 2.47 bits per heavy atom. The first-order valence-corrected chi connectivity index (χ1v) is 6.28. The number of allylic oxidation sites excluding steroid dienone is 1. The number of ether oxygens (including phenoxy) is 1. The van der Waals surface area contributed by atoms with Crippen LogP contribution < -0.4 is 0 Å². The predicted octanol–water partition coefficient (Wildman–Crippen LogP) is 3.41. The molecule has 0 fully saturated rings. The van der Waals surface area contributed by atoms with E-state index in [4.69, 9.17) is 4.74 Å². The summed E-state index contributed by atoms with van der Waals surface area (Å²) in [6.45, 7) is 5.88. The normalized spacial score (nSPS) is 10.4. The van der Waals surface area contributed by atoms with E-state index in [2.05, 4.69) is 6.58 Å². The first-order chi connectivity index (χ1) is 9.19. The Bertz CT molecular complexity index is 469. The molecule has 0 aliphatic heterocycles. The van der Waals surface area contributed by atoms with Gasteiger partial charge in [-0.3, -0.25) is 4.79 Å². The van der Waals surface area contributed by atoms with E-state index in [1.807, 2.05) is 19.1 Å². The molecule has 0 aliphatic carbocycles. The van der Waals surface area contributed by atoms with Crippen LogP contribution in [-0.2, 0) is 9.53 Å². The van der Waals surface area contributed by atoms with Gasteiger partial charge in [0.2, 0.25) is 0 Å². The maximum Gasteiger partial charge on any atom is 0.379 e. The van der Waals surface area contributed by atoms with Crippen molar-refractivity contribution in [3.63, 3.8) is 0 Å². The Balaban J connectivity index is 2.49. The number of benzene rings is 1. The monoisotopic (exact) mass is 258 g/mol. The smallest absolute Gasteiger partial charge is 0.379 e. The molecule has 0 N–H and O–H groups in total. The highest BCUT2D eigenvalue weighted by atomic mass is 16.5. The van der Waals surface area contributed by atoms with Crippen LogP contribution in [0.4, 0.5) is 0 Å². The number of hydrogen-bond acceptors (Lipinski definition) is 3. The Morgan fingerprint density at radius 2 is 1.89 bits per heavy atom. The van der Waals surface area contributed by atoms with Gasteiger partial charge in [0.1, 0.15) is 0 Å². The second-order valence-corrected chi connectivity index (χ2v) is 3.96. The van der Waals surface area contributed by atoms with Crippen molar-refractivity contribution in [2.75, 3.05) is 6.61 Å². The van der Waals surface area contributed by atoms with E-state index in [0.29, 0.717) is 12.0 Å². The van der Waals surface area contributed by atoms with E-state index >= 15 is 0 Å². The highest BCUT2D eigenvalue weighted by molar-refractivity contribution is 6.40. The second kappa shape index (κ2) is 8.03. The maximum atomic E-state index is 11.7. The molecule has 0 heterocycles. The Morgan fingerprint density at radius 1 is 1.21 bits per heavy atom. The molecule has 0 radical (unpaired) electrons. The highest BCUT2D eigenvalue weighted by Gasteiger charge is 2.17. The van der Waals surface area contributed by atoms with Crippen molar-refractivity contribution < 1.29 is 14.3 Å². The van der Waals surface area contributed by atoms with Crippen LogP contribution in [0.2, 0.25) is 0 Å². The third kappa shape index (κ3) is 4.92. The molecule has 0 aromatic heterocycles. The lowest BCUT2D eigenvalue weighted by Crippen LogP contribution is -2.18. The zero-order valence-corrected chi connectivity index (χ0v) is 11.1. The average molecular weight is 258 g/mol. The van der Waals surface area contributed by atoms with Crippen LogP contribution in [0.15, 0.2) is 43.0 Å². The largest absolute Gasteiger partial charge is 0.459 e. The SMILES string of the molecule is C=Cc1ccc(C(=O)C(=O)OCC/C=C/CC)cc1. The van der Waals surface area contributed by atoms with Gasteiger partial charge in [-0.05, 0) is 18.4 Å². The first-order valence-electron chi connectivity index (χ1n) is 6.28. The van der Waals surface area contributed by atoms with Gasteiger partial charge in [0.05, 0.1) is 6.61 Å². The molecule has 0 spiro atoms. The number of rotatable bonds is 7. The molecule has 3 nitrogen and oxygen atoms in total. The van der Waals surface area contributed by atoms with Crippen LogP contribution in [0.1, 0.15) is 35.7 Å². The quantitative estimate of drug-likeness (QED) is 0.247. The van der Waals surface area contributed by atoms with Gasteiger partial charge in [0.25, 0.3) is 5.78 Å². The summed E-state index contributed by atoms with van der Waals surface area (Å²) in [6.07, 6.45) is 7.16. The van der Waals surface area contributed by atoms with Gasteiger partial charge in [0, 0.05) is 5.56 Å². The Hall–Kier alpha value is -2.16. The molecular weight excluding hydrogens is 240 g/mol. The Kier molecular flexibility index (Phi) is 6.30.